The smallest absolute Gasteiger partial charge is 0.335 e. The van der Waals surface area contributed by atoms with E-state index in [1.54, 1.807) is 19.9 Å². The molecule has 72 valence electrons. The van der Waals surface area contributed by atoms with Crippen LogP contribution in [-0.4, -0.2) is 18.2 Å². The molecule has 0 atom stereocenters. The van der Waals surface area contributed by atoms with E-state index in [0.29, 0.717) is 0 Å². The van der Waals surface area contributed by atoms with Crippen LogP contribution in [0.4, 0.5) is 0 Å². The van der Waals surface area contributed by atoms with Crippen molar-refractivity contribution in [2.45, 2.75) is 33.0 Å². The molecular weight excluding hydrogens is 174 g/mol. The van der Waals surface area contributed by atoms with E-state index in [-0.39, 0.29) is 12.8 Å². The molecule has 5 heteroatoms. The topological polar surface area (TPSA) is 76.4 Å². The number of ether oxygens (including phenoxy) is 2. The Morgan fingerprint density at radius 2 is 1.62 bits per heavy atom. The maximum absolute atomic E-state index is 10.7. The molecule has 0 aromatic carbocycles. The molecule has 0 amide bonds. The summed E-state index contributed by atoms with van der Waals surface area (Å²) in [5, 5.41) is 8.41. The largest absolute Gasteiger partial charge is 0.411 e. The molecule has 0 aliphatic heterocycles. The average molecular weight is 185 g/mol. The zero-order valence-electron chi connectivity index (χ0n) is 7.57. The molecule has 0 aromatic heterocycles. The summed E-state index contributed by atoms with van der Waals surface area (Å²) < 4.78 is 8.96. The summed E-state index contributed by atoms with van der Waals surface area (Å²) in [6, 6.07) is 1.55. The van der Waals surface area contributed by atoms with Gasteiger partial charge in [0.25, 0.3) is 0 Å². The molecule has 0 aliphatic carbocycles. The van der Waals surface area contributed by atoms with Gasteiger partial charge in [0.15, 0.2) is 6.07 Å². The van der Waals surface area contributed by atoms with Crippen LogP contribution in [0.15, 0.2) is 0 Å². The van der Waals surface area contributed by atoms with Gasteiger partial charge < -0.3 is 9.47 Å². The van der Waals surface area contributed by atoms with Crippen LogP contribution in [0.25, 0.3) is 0 Å². The number of rotatable bonds is 4. The predicted molar refractivity (Wildman–Crippen MR) is 42.2 cm³/mol. The highest BCUT2D eigenvalue weighted by atomic mass is 16.7. The van der Waals surface area contributed by atoms with Gasteiger partial charge in [-0.25, -0.2) is 0 Å². The highest BCUT2D eigenvalue weighted by molar-refractivity contribution is 5.71. The van der Waals surface area contributed by atoms with Crippen molar-refractivity contribution in [2.24, 2.45) is 0 Å². The molecule has 0 bridgehead atoms. The first-order valence-corrected chi connectivity index (χ1v) is 3.92. The second-order valence-corrected chi connectivity index (χ2v) is 2.15. The van der Waals surface area contributed by atoms with Crippen LogP contribution >= 0.6 is 0 Å². The number of carbonyl (C=O) groups excluding carboxylic acids is 2. The van der Waals surface area contributed by atoms with Gasteiger partial charge in [-0.3, -0.25) is 9.59 Å². The van der Waals surface area contributed by atoms with Gasteiger partial charge in [0.1, 0.15) is 0 Å². The lowest BCUT2D eigenvalue weighted by Crippen LogP contribution is -2.22. The summed E-state index contributed by atoms with van der Waals surface area (Å²) in [5.41, 5.74) is 0. The number of hydrogen-bond acceptors (Lipinski definition) is 5. The molecule has 13 heavy (non-hydrogen) atoms. The highest BCUT2D eigenvalue weighted by Gasteiger charge is 2.15. The number of carbonyl (C=O) groups is 2. The van der Waals surface area contributed by atoms with E-state index in [1.807, 2.05) is 0 Å². The lowest BCUT2D eigenvalue weighted by Gasteiger charge is -2.09. The number of hydrogen-bond donors (Lipinski definition) is 0. The molecular formula is C8H11NO4. The van der Waals surface area contributed by atoms with Crippen LogP contribution in [0.2, 0.25) is 0 Å². The van der Waals surface area contributed by atoms with Crippen LogP contribution in [-0.2, 0) is 19.1 Å². The molecule has 0 fully saturated rings. The van der Waals surface area contributed by atoms with Crippen molar-refractivity contribution < 1.29 is 19.1 Å². The van der Waals surface area contributed by atoms with E-state index in [1.165, 1.54) is 0 Å². The molecule has 0 saturated carbocycles. The lowest BCUT2D eigenvalue weighted by molar-refractivity contribution is -0.177. The standard InChI is InChI=1S/C8H11NO4/c1-3-6(10)12-8(5-9)13-7(11)4-2/h8H,3-4H2,1-2H3. The van der Waals surface area contributed by atoms with Gasteiger partial charge in [0, 0.05) is 12.8 Å². The third-order valence-electron chi connectivity index (χ3n) is 1.16. The molecule has 0 rings (SSSR count). The van der Waals surface area contributed by atoms with E-state index in [2.05, 4.69) is 9.47 Å². The van der Waals surface area contributed by atoms with Gasteiger partial charge in [0.05, 0.1) is 0 Å². The van der Waals surface area contributed by atoms with Gasteiger partial charge in [-0.2, -0.15) is 5.26 Å². The van der Waals surface area contributed by atoms with Crippen molar-refractivity contribution in [2.75, 3.05) is 0 Å². The number of nitrogens with zero attached hydrogens (tertiary/aromatic N) is 1. The van der Waals surface area contributed by atoms with Crippen molar-refractivity contribution >= 4 is 11.9 Å². The minimum absolute atomic E-state index is 0.141. The fourth-order valence-corrected chi connectivity index (χ4v) is 0.482. The summed E-state index contributed by atoms with van der Waals surface area (Å²) >= 11 is 0. The number of nitriles is 1. The van der Waals surface area contributed by atoms with E-state index in [0.717, 1.165) is 0 Å². The van der Waals surface area contributed by atoms with Crippen molar-refractivity contribution in [3.8, 4) is 6.07 Å². The van der Waals surface area contributed by atoms with Crippen LogP contribution in [0.1, 0.15) is 26.7 Å². The van der Waals surface area contributed by atoms with Gasteiger partial charge >= 0.3 is 18.2 Å². The molecule has 0 radical (unpaired) electrons. The Labute approximate surface area is 76.2 Å². The first-order valence-electron chi connectivity index (χ1n) is 3.92. The van der Waals surface area contributed by atoms with Crippen LogP contribution in [0.5, 0.6) is 0 Å². The first kappa shape index (κ1) is 11.4. The van der Waals surface area contributed by atoms with E-state index < -0.39 is 18.2 Å². The Hall–Kier alpha value is -1.57. The van der Waals surface area contributed by atoms with Crippen LogP contribution < -0.4 is 0 Å². The maximum Gasteiger partial charge on any atom is 0.335 e. The second kappa shape index (κ2) is 6.00. The molecule has 0 aromatic rings. The summed E-state index contributed by atoms with van der Waals surface area (Å²) in [7, 11) is 0. The van der Waals surface area contributed by atoms with Gasteiger partial charge in [-0.15, -0.1) is 0 Å². The minimum atomic E-state index is -1.42. The second-order valence-electron chi connectivity index (χ2n) is 2.15. The Morgan fingerprint density at radius 1 is 1.23 bits per heavy atom. The monoisotopic (exact) mass is 185 g/mol. The fraction of sp³-hybridized carbons (Fsp3) is 0.625. The third-order valence-corrected chi connectivity index (χ3v) is 1.16. The zero-order valence-corrected chi connectivity index (χ0v) is 7.57. The van der Waals surface area contributed by atoms with Crippen LogP contribution in [0, 0.1) is 11.3 Å². The third kappa shape index (κ3) is 4.80. The van der Waals surface area contributed by atoms with Crippen LogP contribution in [0.3, 0.4) is 0 Å². The Morgan fingerprint density at radius 3 is 1.85 bits per heavy atom. The molecule has 0 spiro atoms. The quantitative estimate of drug-likeness (QED) is 0.477. The molecule has 0 aliphatic rings. The van der Waals surface area contributed by atoms with E-state index in [4.69, 9.17) is 5.26 Å². The first-order chi connectivity index (χ1) is 6.13. The minimum Gasteiger partial charge on any atom is -0.411 e. The van der Waals surface area contributed by atoms with Crippen molar-refractivity contribution in [1.82, 2.24) is 0 Å². The van der Waals surface area contributed by atoms with Crippen molar-refractivity contribution in [3.05, 3.63) is 0 Å². The maximum atomic E-state index is 10.7. The lowest BCUT2D eigenvalue weighted by atomic mass is 10.5. The van der Waals surface area contributed by atoms with Crippen molar-refractivity contribution in [3.63, 3.8) is 0 Å². The Kier molecular flexibility index (Phi) is 5.28. The molecule has 0 saturated heterocycles. The zero-order chi connectivity index (χ0) is 10.3. The summed E-state index contributed by atoms with van der Waals surface area (Å²) in [6.07, 6.45) is -1.14. The normalized spacial score (nSPS) is 9.08. The SMILES string of the molecule is CCC(=O)OC(C#N)OC(=O)CC. The summed E-state index contributed by atoms with van der Waals surface area (Å²) in [6.45, 7) is 3.16. The predicted octanol–water partition coefficient (Wildman–Crippen LogP) is 0.742. The average Bonchev–Trinajstić information content (AvgIpc) is 2.16. The molecule has 0 N–H and O–H groups in total. The van der Waals surface area contributed by atoms with E-state index in [9.17, 15) is 9.59 Å². The van der Waals surface area contributed by atoms with Gasteiger partial charge in [-0.05, 0) is 0 Å². The number of esters is 2. The molecule has 0 heterocycles. The molecule has 5 nitrogen and oxygen atoms in total. The Bertz CT molecular complexity index is 213. The summed E-state index contributed by atoms with van der Waals surface area (Å²) in [5.74, 6) is -1.15. The van der Waals surface area contributed by atoms with Gasteiger partial charge in [-0.1, -0.05) is 13.8 Å². The molecule has 0 unspecified atom stereocenters. The Balaban J connectivity index is 3.98. The van der Waals surface area contributed by atoms with Gasteiger partial charge in [0.2, 0.25) is 0 Å². The summed E-state index contributed by atoms with van der Waals surface area (Å²) in [4.78, 5) is 21.4. The van der Waals surface area contributed by atoms with E-state index >= 15 is 0 Å². The van der Waals surface area contributed by atoms with Crippen molar-refractivity contribution in [1.29, 1.82) is 5.26 Å². The highest BCUT2D eigenvalue weighted by Crippen LogP contribution is 1.98. The fourth-order valence-electron chi connectivity index (χ4n) is 0.482.